The highest BCUT2D eigenvalue weighted by Crippen LogP contribution is 2.33. The number of aromatic nitrogens is 2. The predicted octanol–water partition coefficient (Wildman–Crippen LogP) is 4.65. The number of rotatable bonds is 7. The Kier molecular flexibility index (Phi) is 6.03. The fourth-order valence-corrected chi connectivity index (χ4v) is 4.45. The lowest BCUT2D eigenvalue weighted by molar-refractivity contribution is -0.117. The predicted molar refractivity (Wildman–Crippen MR) is 129 cm³/mol. The first-order valence-electron chi connectivity index (χ1n) is 11.0. The molecule has 4 aromatic rings. The van der Waals surface area contributed by atoms with Gasteiger partial charge in [-0.3, -0.25) is 4.79 Å². The number of carbonyl (C=O) groups is 1. The minimum Gasteiger partial charge on any atom is -0.491 e. The first-order chi connectivity index (χ1) is 16.1. The van der Waals surface area contributed by atoms with Crippen molar-refractivity contribution in [2.45, 2.75) is 25.0 Å². The molecule has 0 aliphatic carbocycles. The third-order valence-electron chi connectivity index (χ3n) is 5.89. The number of imidazole rings is 1. The van der Waals surface area contributed by atoms with Gasteiger partial charge in [-0.15, -0.1) is 0 Å². The lowest BCUT2D eigenvalue weighted by atomic mass is 10.1. The molecule has 1 amide bonds. The van der Waals surface area contributed by atoms with Crippen molar-refractivity contribution in [3.8, 4) is 5.75 Å². The molecule has 0 unspecified atom stereocenters. The summed E-state index contributed by atoms with van der Waals surface area (Å²) in [6.07, 6.45) is -0.367. The number of hydrogen-bond donors (Lipinski definition) is 1. The number of anilines is 1. The Morgan fingerprint density at radius 2 is 1.76 bits per heavy atom. The Morgan fingerprint density at radius 3 is 2.55 bits per heavy atom. The van der Waals surface area contributed by atoms with E-state index in [0.29, 0.717) is 30.3 Å². The van der Waals surface area contributed by atoms with Gasteiger partial charge in [-0.25, -0.2) is 4.98 Å². The molecule has 0 bridgehead atoms. The smallest absolute Gasteiger partial charge is 0.227 e. The maximum absolute atomic E-state index is 12.8. The van der Waals surface area contributed by atoms with Crippen molar-refractivity contribution in [2.75, 3.05) is 18.1 Å². The fourth-order valence-electron chi connectivity index (χ4n) is 4.32. The summed E-state index contributed by atoms with van der Waals surface area (Å²) >= 11 is 6.01. The van der Waals surface area contributed by atoms with Gasteiger partial charge in [-0.1, -0.05) is 41.9 Å². The lowest BCUT2D eigenvalue weighted by Crippen LogP contribution is -2.26. The van der Waals surface area contributed by atoms with E-state index in [9.17, 15) is 9.90 Å². The van der Waals surface area contributed by atoms with Crippen LogP contribution in [0.5, 0.6) is 5.75 Å². The van der Waals surface area contributed by atoms with Crippen LogP contribution in [0, 0.1) is 0 Å². The number of nitrogens with zero attached hydrogens (tertiary/aromatic N) is 3. The van der Waals surface area contributed by atoms with Gasteiger partial charge in [0.15, 0.2) is 0 Å². The lowest BCUT2D eigenvalue weighted by Gasteiger charge is -2.19. The molecule has 1 aromatic heterocycles. The number of amides is 1. The van der Waals surface area contributed by atoms with Crippen LogP contribution >= 0.6 is 11.6 Å². The molecule has 1 fully saturated rings. The first kappa shape index (κ1) is 21.5. The monoisotopic (exact) mass is 461 g/mol. The van der Waals surface area contributed by atoms with Gasteiger partial charge in [0.2, 0.25) is 5.91 Å². The number of benzene rings is 3. The van der Waals surface area contributed by atoms with Crippen molar-refractivity contribution in [1.29, 1.82) is 0 Å². The Balaban J connectivity index is 1.38. The SMILES string of the molecule is O=C1C[C@H](c2nc3ccccc3n2C[C@H](O)COc2ccccc2)CN1c1ccc(Cl)cc1. The number of halogens is 1. The molecule has 0 saturated carbocycles. The first-order valence-corrected chi connectivity index (χ1v) is 11.3. The van der Waals surface area contributed by atoms with Crippen molar-refractivity contribution >= 4 is 34.2 Å². The van der Waals surface area contributed by atoms with Crippen molar-refractivity contribution < 1.29 is 14.6 Å². The number of para-hydroxylation sites is 3. The van der Waals surface area contributed by atoms with Gasteiger partial charge in [-0.2, -0.15) is 0 Å². The summed E-state index contributed by atoms with van der Waals surface area (Å²) in [6, 6.07) is 24.6. The molecule has 0 radical (unpaired) electrons. The van der Waals surface area contributed by atoms with Gasteiger partial charge in [-0.05, 0) is 48.5 Å². The summed E-state index contributed by atoms with van der Waals surface area (Å²) in [7, 11) is 0. The molecule has 2 atom stereocenters. The molecule has 2 heterocycles. The van der Waals surface area contributed by atoms with E-state index in [2.05, 4.69) is 0 Å². The molecule has 5 rings (SSSR count). The minimum atomic E-state index is -0.731. The molecule has 6 nitrogen and oxygen atoms in total. The normalized spacial score (nSPS) is 17.0. The number of carbonyl (C=O) groups excluding carboxylic acids is 1. The minimum absolute atomic E-state index is 0.0499. The number of fused-ring (bicyclic) bond motifs is 1. The second kappa shape index (κ2) is 9.25. The summed E-state index contributed by atoms with van der Waals surface area (Å²) in [5.74, 6) is 1.49. The van der Waals surface area contributed by atoms with E-state index < -0.39 is 6.10 Å². The molecule has 3 aromatic carbocycles. The van der Waals surface area contributed by atoms with Gasteiger partial charge >= 0.3 is 0 Å². The van der Waals surface area contributed by atoms with E-state index in [1.807, 2.05) is 71.3 Å². The van der Waals surface area contributed by atoms with Crippen molar-refractivity contribution in [3.63, 3.8) is 0 Å². The van der Waals surface area contributed by atoms with Gasteiger partial charge < -0.3 is 19.3 Å². The summed E-state index contributed by atoms with van der Waals surface area (Å²) in [5.41, 5.74) is 2.61. The second-order valence-corrected chi connectivity index (χ2v) is 8.67. The molecule has 7 heteroatoms. The zero-order chi connectivity index (χ0) is 22.8. The largest absolute Gasteiger partial charge is 0.491 e. The third kappa shape index (κ3) is 4.58. The maximum Gasteiger partial charge on any atom is 0.227 e. The second-order valence-electron chi connectivity index (χ2n) is 8.23. The van der Waals surface area contributed by atoms with Crippen LogP contribution in [0.3, 0.4) is 0 Å². The molecular formula is C26H24ClN3O3. The van der Waals surface area contributed by atoms with Crippen molar-refractivity contribution in [3.05, 3.63) is 89.7 Å². The average Bonchev–Trinajstić information content (AvgIpc) is 3.39. The average molecular weight is 462 g/mol. The highest BCUT2D eigenvalue weighted by molar-refractivity contribution is 6.30. The van der Waals surface area contributed by atoms with Crippen LogP contribution < -0.4 is 9.64 Å². The van der Waals surface area contributed by atoms with Crippen LogP contribution in [0.15, 0.2) is 78.9 Å². The van der Waals surface area contributed by atoms with E-state index in [-0.39, 0.29) is 18.4 Å². The molecule has 1 N–H and O–H groups in total. The number of hydrogen-bond acceptors (Lipinski definition) is 4. The third-order valence-corrected chi connectivity index (χ3v) is 6.14. The zero-order valence-electron chi connectivity index (χ0n) is 18.0. The molecule has 168 valence electrons. The molecule has 0 spiro atoms. The van der Waals surface area contributed by atoms with Gasteiger partial charge in [0.25, 0.3) is 0 Å². The molecular weight excluding hydrogens is 438 g/mol. The van der Waals surface area contributed by atoms with Gasteiger partial charge in [0, 0.05) is 29.6 Å². The fraction of sp³-hybridized carbons (Fsp3) is 0.231. The summed E-state index contributed by atoms with van der Waals surface area (Å²) in [6.45, 7) is 1.02. The van der Waals surface area contributed by atoms with E-state index in [1.165, 1.54) is 0 Å². The Morgan fingerprint density at radius 1 is 1.03 bits per heavy atom. The number of ether oxygens (including phenoxy) is 1. The van der Waals surface area contributed by atoms with Crippen LogP contribution in [0.25, 0.3) is 11.0 Å². The van der Waals surface area contributed by atoms with Crippen LogP contribution in [-0.4, -0.2) is 39.8 Å². The Hall–Kier alpha value is -3.35. The number of aliphatic hydroxyl groups is 1. The van der Waals surface area contributed by atoms with Gasteiger partial charge in [0.1, 0.15) is 24.3 Å². The Labute approximate surface area is 197 Å². The summed E-state index contributed by atoms with van der Waals surface area (Å²) in [5, 5.41) is 11.4. The van der Waals surface area contributed by atoms with Crippen molar-refractivity contribution in [1.82, 2.24) is 9.55 Å². The van der Waals surface area contributed by atoms with E-state index in [4.69, 9.17) is 21.3 Å². The molecule has 1 aliphatic heterocycles. The van der Waals surface area contributed by atoms with Crippen LogP contribution in [0.4, 0.5) is 5.69 Å². The van der Waals surface area contributed by atoms with E-state index >= 15 is 0 Å². The molecule has 1 saturated heterocycles. The van der Waals surface area contributed by atoms with Gasteiger partial charge in [0.05, 0.1) is 17.6 Å². The standard InChI is InChI=1S/C26H24ClN3O3/c27-19-10-12-20(13-11-19)29-15-18(14-25(29)32)26-28-23-8-4-5-9-24(23)30(26)16-21(31)17-33-22-6-2-1-3-7-22/h1-13,18,21,31H,14-17H2/t18-,21-/m0/s1. The summed E-state index contributed by atoms with van der Waals surface area (Å²) in [4.78, 5) is 19.5. The van der Waals surface area contributed by atoms with E-state index in [0.717, 1.165) is 22.5 Å². The van der Waals surface area contributed by atoms with Crippen LogP contribution in [0.1, 0.15) is 18.2 Å². The van der Waals surface area contributed by atoms with E-state index in [1.54, 1.807) is 17.0 Å². The highest BCUT2D eigenvalue weighted by atomic mass is 35.5. The zero-order valence-corrected chi connectivity index (χ0v) is 18.7. The van der Waals surface area contributed by atoms with Crippen LogP contribution in [0.2, 0.25) is 5.02 Å². The highest BCUT2D eigenvalue weighted by Gasteiger charge is 2.35. The quantitative estimate of drug-likeness (QED) is 0.435. The molecule has 33 heavy (non-hydrogen) atoms. The van der Waals surface area contributed by atoms with Crippen molar-refractivity contribution in [2.24, 2.45) is 0 Å². The maximum atomic E-state index is 12.8. The summed E-state index contributed by atoms with van der Waals surface area (Å²) < 4.78 is 7.76. The Bertz CT molecular complexity index is 1260. The molecule has 1 aliphatic rings. The topological polar surface area (TPSA) is 67.6 Å². The van der Waals surface area contributed by atoms with Crippen LogP contribution in [-0.2, 0) is 11.3 Å². The number of aliphatic hydroxyl groups excluding tert-OH is 1.